The van der Waals surface area contributed by atoms with Crippen molar-refractivity contribution in [3.05, 3.63) is 17.0 Å². The summed E-state index contributed by atoms with van der Waals surface area (Å²) < 4.78 is 5.17. The lowest BCUT2D eigenvalue weighted by molar-refractivity contribution is 0.274. The molecule has 4 nitrogen and oxygen atoms in total. The topological polar surface area (TPSA) is 49.5 Å². The van der Waals surface area contributed by atoms with Crippen LogP contribution in [0, 0.1) is 0 Å². The zero-order valence-electron chi connectivity index (χ0n) is 7.79. The Hall–Kier alpha value is -0.870. The quantitative estimate of drug-likeness (QED) is 0.709. The number of aromatic nitrogens is 1. The molecule has 0 atom stereocenters. The molecular formula is C9H14N2O2. The van der Waals surface area contributed by atoms with Crippen molar-refractivity contribution in [1.29, 1.82) is 0 Å². The molecule has 0 spiro atoms. The first-order valence-electron chi connectivity index (χ1n) is 4.57. The highest BCUT2D eigenvalue weighted by Crippen LogP contribution is 2.21. The first-order chi connectivity index (χ1) is 6.31. The van der Waals surface area contributed by atoms with Crippen molar-refractivity contribution in [2.45, 2.75) is 19.4 Å². The van der Waals surface area contributed by atoms with E-state index < -0.39 is 0 Å². The third kappa shape index (κ3) is 1.59. The molecule has 1 aliphatic rings. The Labute approximate surface area is 77.1 Å². The number of nitrogens with zero attached hydrogens (tertiary/aromatic N) is 2. The van der Waals surface area contributed by atoms with Gasteiger partial charge in [-0.15, -0.1) is 0 Å². The van der Waals surface area contributed by atoms with Gasteiger partial charge in [0.25, 0.3) is 0 Å². The van der Waals surface area contributed by atoms with E-state index in [1.165, 1.54) is 5.56 Å². The number of hydrogen-bond acceptors (Lipinski definition) is 4. The fourth-order valence-corrected chi connectivity index (χ4v) is 1.70. The van der Waals surface area contributed by atoms with E-state index in [4.69, 9.17) is 9.63 Å². The van der Waals surface area contributed by atoms with Crippen LogP contribution >= 0.6 is 0 Å². The fraction of sp³-hybridized carbons (Fsp3) is 0.667. The minimum absolute atomic E-state index is 0.130. The van der Waals surface area contributed by atoms with E-state index >= 15 is 0 Å². The molecule has 0 amide bonds. The van der Waals surface area contributed by atoms with Crippen LogP contribution in [0.5, 0.6) is 0 Å². The lowest BCUT2D eigenvalue weighted by atomic mass is 10.1. The van der Waals surface area contributed by atoms with Gasteiger partial charge in [0.2, 0.25) is 0 Å². The molecule has 1 N–H and O–H groups in total. The predicted molar refractivity (Wildman–Crippen MR) is 47.3 cm³/mol. The Balaban J connectivity index is 2.25. The Morgan fingerprint density at radius 1 is 1.62 bits per heavy atom. The molecule has 1 aromatic heterocycles. The number of fused-ring (bicyclic) bond motifs is 1. The molecule has 0 aromatic carbocycles. The maximum atomic E-state index is 8.80. The molecule has 0 bridgehead atoms. The molecule has 0 saturated heterocycles. The van der Waals surface area contributed by atoms with Gasteiger partial charge in [-0.1, -0.05) is 5.16 Å². The van der Waals surface area contributed by atoms with Crippen LogP contribution in [0.15, 0.2) is 4.52 Å². The van der Waals surface area contributed by atoms with Gasteiger partial charge in [0, 0.05) is 31.5 Å². The van der Waals surface area contributed by atoms with Crippen molar-refractivity contribution >= 4 is 0 Å². The van der Waals surface area contributed by atoms with Crippen molar-refractivity contribution < 1.29 is 9.63 Å². The second-order valence-electron chi connectivity index (χ2n) is 3.49. The van der Waals surface area contributed by atoms with Crippen molar-refractivity contribution in [2.75, 3.05) is 20.2 Å². The van der Waals surface area contributed by atoms with Gasteiger partial charge in [0.1, 0.15) is 5.76 Å². The SMILES string of the molecule is CN1CCc2noc(CCO)c2C1. The van der Waals surface area contributed by atoms with E-state index in [2.05, 4.69) is 17.1 Å². The second kappa shape index (κ2) is 3.47. The summed E-state index contributed by atoms with van der Waals surface area (Å²) in [6.07, 6.45) is 1.54. The van der Waals surface area contributed by atoms with E-state index in [0.29, 0.717) is 6.42 Å². The van der Waals surface area contributed by atoms with Gasteiger partial charge in [-0.3, -0.25) is 0 Å². The van der Waals surface area contributed by atoms with Crippen LogP contribution in [-0.2, 0) is 19.4 Å². The van der Waals surface area contributed by atoms with Crippen LogP contribution in [0.2, 0.25) is 0 Å². The van der Waals surface area contributed by atoms with Gasteiger partial charge in [-0.2, -0.15) is 0 Å². The second-order valence-corrected chi connectivity index (χ2v) is 3.49. The van der Waals surface area contributed by atoms with Crippen molar-refractivity contribution in [3.63, 3.8) is 0 Å². The summed E-state index contributed by atoms with van der Waals surface area (Å²) in [6.45, 7) is 2.07. The number of aliphatic hydroxyl groups excluding tert-OH is 1. The molecular weight excluding hydrogens is 168 g/mol. The molecule has 1 aliphatic heterocycles. The maximum Gasteiger partial charge on any atom is 0.143 e. The molecule has 4 heteroatoms. The monoisotopic (exact) mass is 182 g/mol. The molecule has 0 saturated carbocycles. The van der Waals surface area contributed by atoms with Gasteiger partial charge < -0.3 is 14.5 Å². The van der Waals surface area contributed by atoms with Crippen LogP contribution in [0.3, 0.4) is 0 Å². The normalized spacial score (nSPS) is 17.4. The number of aliphatic hydroxyl groups is 1. The lowest BCUT2D eigenvalue weighted by Crippen LogP contribution is -2.26. The first-order valence-corrected chi connectivity index (χ1v) is 4.57. The van der Waals surface area contributed by atoms with Gasteiger partial charge in [-0.25, -0.2) is 0 Å². The van der Waals surface area contributed by atoms with Gasteiger partial charge >= 0.3 is 0 Å². The summed E-state index contributed by atoms with van der Waals surface area (Å²) in [4.78, 5) is 2.24. The van der Waals surface area contributed by atoms with E-state index in [1.54, 1.807) is 0 Å². The van der Waals surface area contributed by atoms with E-state index in [0.717, 1.165) is 31.0 Å². The Morgan fingerprint density at radius 2 is 2.46 bits per heavy atom. The summed E-state index contributed by atoms with van der Waals surface area (Å²) in [5, 5.41) is 12.8. The maximum absolute atomic E-state index is 8.80. The number of rotatable bonds is 2. The Bertz CT molecular complexity index is 296. The zero-order chi connectivity index (χ0) is 9.26. The highest BCUT2D eigenvalue weighted by molar-refractivity contribution is 5.25. The van der Waals surface area contributed by atoms with Crippen LogP contribution in [0.25, 0.3) is 0 Å². The molecule has 2 heterocycles. The highest BCUT2D eigenvalue weighted by atomic mass is 16.5. The van der Waals surface area contributed by atoms with Crippen LogP contribution < -0.4 is 0 Å². The molecule has 0 fully saturated rings. The van der Waals surface area contributed by atoms with Crippen molar-refractivity contribution in [2.24, 2.45) is 0 Å². The lowest BCUT2D eigenvalue weighted by Gasteiger charge is -2.20. The number of hydrogen-bond donors (Lipinski definition) is 1. The van der Waals surface area contributed by atoms with E-state index in [9.17, 15) is 0 Å². The van der Waals surface area contributed by atoms with Crippen LogP contribution in [-0.4, -0.2) is 35.4 Å². The summed E-state index contributed by atoms with van der Waals surface area (Å²) in [6, 6.07) is 0. The predicted octanol–water partition coefficient (Wildman–Crippen LogP) is 0.197. The molecule has 2 rings (SSSR count). The standard InChI is InChI=1S/C9H14N2O2/c1-11-4-2-8-7(6-11)9(3-5-12)13-10-8/h12H,2-6H2,1H3. The molecule has 72 valence electrons. The molecule has 0 radical (unpaired) electrons. The minimum atomic E-state index is 0.130. The fourth-order valence-electron chi connectivity index (χ4n) is 1.70. The smallest absolute Gasteiger partial charge is 0.143 e. The third-order valence-corrected chi connectivity index (χ3v) is 2.45. The van der Waals surface area contributed by atoms with Crippen molar-refractivity contribution in [1.82, 2.24) is 10.1 Å². The molecule has 13 heavy (non-hydrogen) atoms. The first kappa shape index (κ1) is 8.72. The Kier molecular flexibility index (Phi) is 2.33. The van der Waals surface area contributed by atoms with Crippen LogP contribution in [0.4, 0.5) is 0 Å². The Morgan fingerprint density at radius 3 is 3.23 bits per heavy atom. The van der Waals surface area contributed by atoms with Gasteiger partial charge in [0.15, 0.2) is 0 Å². The highest BCUT2D eigenvalue weighted by Gasteiger charge is 2.21. The summed E-state index contributed by atoms with van der Waals surface area (Å²) >= 11 is 0. The van der Waals surface area contributed by atoms with E-state index in [-0.39, 0.29) is 6.61 Å². The molecule has 0 aliphatic carbocycles. The van der Waals surface area contributed by atoms with Gasteiger partial charge in [-0.05, 0) is 7.05 Å². The average molecular weight is 182 g/mol. The summed E-state index contributed by atoms with van der Waals surface area (Å²) in [5.41, 5.74) is 2.25. The van der Waals surface area contributed by atoms with Crippen molar-refractivity contribution in [3.8, 4) is 0 Å². The average Bonchev–Trinajstić information content (AvgIpc) is 2.49. The summed E-state index contributed by atoms with van der Waals surface area (Å²) in [7, 11) is 2.08. The largest absolute Gasteiger partial charge is 0.396 e. The van der Waals surface area contributed by atoms with Crippen LogP contribution in [0.1, 0.15) is 17.0 Å². The van der Waals surface area contributed by atoms with E-state index in [1.807, 2.05) is 0 Å². The zero-order valence-corrected chi connectivity index (χ0v) is 7.79. The van der Waals surface area contributed by atoms with Gasteiger partial charge in [0.05, 0.1) is 12.3 Å². The molecule has 1 aromatic rings. The molecule has 0 unspecified atom stereocenters. The summed E-state index contributed by atoms with van der Waals surface area (Å²) in [5.74, 6) is 0.851. The minimum Gasteiger partial charge on any atom is -0.396 e. The number of likely N-dealkylation sites (N-methyl/N-ethyl adjacent to an activating group) is 1. The third-order valence-electron chi connectivity index (χ3n) is 2.45.